The lowest BCUT2D eigenvalue weighted by Crippen LogP contribution is -2.54. The van der Waals surface area contributed by atoms with Crippen LogP contribution >= 0.6 is 15.9 Å². The molecule has 2 fully saturated rings. The standard InChI is InChI=1S/C13H25BrN2/c14-7-3-1-4-8-15-10-11-16-9-5-2-6-13(16)12-15/h13H,1-12H2. The smallest absolute Gasteiger partial charge is 0.0223 e. The van der Waals surface area contributed by atoms with Crippen LogP contribution in [0.15, 0.2) is 0 Å². The molecule has 0 aliphatic carbocycles. The Morgan fingerprint density at radius 1 is 1.00 bits per heavy atom. The highest BCUT2D eigenvalue weighted by Crippen LogP contribution is 2.21. The molecule has 3 heteroatoms. The number of piperazine rings is 1. The molecular formula is C13H25BrN2. The van der Waals surface area contributed by atoms with Gasteiger partial charge in [0.2, 0.25) is 0 Å². The van der Waals surface area contributed by atoms with E-state index in [0.717, 1.165) is 6.04 Å². The van der Waals surface area contributed by atoms with Crippen LogP contribution in [0.3, 0.4) is 0 Å². The summed E-state index contributed by atoms with van der Waals surface area (Å²) in [5.74, 6) is 0. The third kappa shape index (κ3) is 3.71. The maximum Gasteiger partial charge on any atom is 0.0223 e. The number of nitrogens with zero attached hydrogens (tertiary/aromatic N) is 2. The van der Waals surface area contributed by atoms with E-state index in [1.165, 1.54) is 76.6 Å². The van der Waals surface area contributed by atoms with Crippen LogP contribution in [0.5, 0.6) is 0 Å². The Morgan fingerprint density at radius 2 is 1.94 bits per heavy atom. The number of unbranched alkanes of at least 4 members (excludes halogenated alkanes) is 2. The van der Waals surface area contributed by atoms with Crippen molar-refractivity contribution < 1.29 is 0 Å². The fourth-order valence-corrected chi connectivity index (χ4v) is 3.43. The monoisotopic (exact) mass is 288 g/mol. The molecule has 2 saturated heterocycles. The number of piperidine rings is 1. The predicted molar refractivity (Wildman–Crippen MR) is 73.3 cm³/mol. The zero-order valence-corrected chi connectivity index (χ0v) is 11.9. The molecule has 2 aliphatic heterocycles. The number of alkyl halides is 1. The van der Waals surface area contributed by atoms with E-state index in [4.69, 9.17) is 0 Å². The molecule has 0 radical (unpaired) electrons. The van der Waals surface area contributed by atoms with Crippen molar-refractivity contribution in [1.29, 1.82) is 0 Å². The van der Waals surface area contributed by atoms with Gasteiger partial charge in [-0.15, -0.1) is 0 Å². The molecule has 0 aromatic heterocycles. The first-order valence-corrected chi connectivity index (χ1v) is 8.04. The van der Waals surface area contributed by atoms with Gasteiger partial charge in [-0.3, -0.25) is 4.90 Å². The molecule has 2 aliphatic rings. The molecule has 2 rings (SSSR count). The molecule has 0 N–H and O–H groups in total. The highest BCUT2D eigenvalue weighted by molar-refractivity contribution is 9.09. The minimum atomic E-state index is 0.888. The van der Waals surface area contributed by atoms with Crippen molar-refractivity contribution in [1.82, 2.24) is 9.80 Å². The minimum Gasteiger partial charge on any atom is -0.301 e. The lowest BCUT2D eigenvalue weighted by Gasteiger charge is -2.44. The molecule has 16 heavy (non-hydrogen) atoms. The van der Waals surface area contributed by atoms with Crippen molar-refractivity contribution in [2.24, 2.45) is 0 Å². The second-order valence-corrected chi connectivity index (χ2v) is 6.03. The number of fused-ring (bicyclic) bond motifs is 1. The topological polar surface area (TPSA) is 6.48 Å². The quantitative estimate of drug-likeness (QED) is 0.567. The Hall–Kier alpha value is 0.400. The Balaban J connectivity index is 1.65. The van der Waals surface area contributed by atoms with Gasteiger partial charge in [0.05, 0.1) is 0 Å². The molecule has 0 aromatic carbocycles. The largest absolute Gasteiger partial charge is 0.301 e. The Bertz CT molecular complexity index is 198. The first-order valence-electron chi connectivity index (χ1n) is 6.92. The van der Waals surface area contributed by atoms with Gasteiger partial charge in [-0.2, -0.15) is 0 Å². The molecule has 1 unspecified atom stereocenters. The minimum absolute atomic E-state index is 0.888. The highest BCUT2D eigenvalue weighted by Gasteiger charge is 2.28. The Morgan fingerprint density at radius 3 is 2.81 bits per heavy atom. The molecule has 0 spiro atoms. The van der Waals surface area contributed by atoms with E-state index >= 15 is 0 Å². The van der Waals surface area contributed by atoms with Gasteiger partial charge in [-0.1, -0.05) is 28.8 Å². The van der Waals surface area contributed by atoms with Gasteiger partial charge in [0.15, 0.2) is 0 Å². The average Bonchev–Trinajstić information content (AvgIpc) is 2.34. The summed E-state index contributed by atoms with van der Waals surface area (Å²) < 4.78 is 0. The van der Waals surface area contributed by atoms with Gasteiger partial charge >= 0.3 is 0 Å². The predicted octanol–water partition coefficient (Wildman–Crippen LogP) is 2.72. The maximum absolute atomic E-state index is 3.50. The first kappa shape index (κ1) is 12.8. The lowest BCUT2D eigenvalue weighted by molar-refractivity contribution is 0.0487. The third-order valence-electron chi connectivity index (χ3n) is 4.03. The number of hydrogen-bond acceptors (Lipinski definition) is 2. The van der Waals surface area contributed by atoms with Crippen LogP contribution < -0.4 is 0 Å². The Kier molecular flexibility index (Phi) is 5.60. The summed E-state index contributed by atoms with van der Waals surface area (Å²) in [6, 6.07) is 0.888. The van der Waals surface area contributed by atoms with Crippen LogP contribution in [0.4, 0.5) is 0 Å². The van der Waals surface area contributed by atoms with Crippen molar-refractivity contribution in [3.63, 3.8) is 0 Å². The van der Waals surface area contributed by atoms with Crippen LogP contribution in [0, 0.1) is 0 Å². The highest BCUT2D eigenvalue weighted by atomic mass is 79.9. The molecule has 0 amide bonds. The summed E-state index contributed by atoms with van der Waals surface area (Å²) in [5, 5.41) is 1.17. The van der Waals surface area contributed by atoms with Crippen molar-refractivity contribution in [3.05, 3.63) is 0 Å². The average molecular weight is 289 g/mol. The van der Waals surface area contributed by atoms with Crippen LogP contribution in [-0.2, 0) is 0 Å². The summed E-state index contributed by atoms with van der Waals surface area (Å²) >= 11 is 3.50. The molecule has 0 bridgehead atoms. The van der Waals surface area contributed by atoms with E-state index in [1.54, 1.807) is 0 Å². The van der Waals surface area contributed by atoms with E-state index in [-0.39, 0.29) is 0 Å². The van der Waals surface area contributed by atoms with E-state index < -0.39 is 0 Å². The van der Waals surface area contributed by atoms with Gasteiger partial charge in [-0.05, 0) is 38.8 Å². The number of halogens is 1. The van der Waals surface area contributed by atoms with E-state index in [9.17, 15) is 0 Å². The zero-order valence-electron chi connectivity index (χ0n) is 10.3. The number of hydrogen-bond donors (Lipinski definition) is 0. The lowest BCUT2D eigenvalue weighted by atomic mass is 9.99. The van der Waals surface area contributed by atoms with Crippen LogP contribution in [0.2, 0.25) is 0 Å². The van der Waals surface area contributed by atoms with Crippen molar-refractivity contribution in [3.8, 4) is 0 Å². The van der Waals surface area contributed by atoms with Crippen LogP contribution in [0.1, 0.15) is 38.5 Å². The summed E-state index contributed by atoms with van der Waals surface area (Å²) in [6.07, 6.45) is 8.44. The van der Waals surface area contributed by atoms with Crippen LogP contribution in [-0.4, -0.2) is 53.9 Å². The SMILES string of the molecule is BrCCCCCN1CCN2CCCCC2C1. The van der Waals surface area contributed by atoms with Gasteiger partial charge < -0.3 is 4.90 Å². The van der Waals surface area contributed by atoms with Gasteiger partial charge in [0, 0.05) is 31.0 Å². The Labute approximate surface area is 108 Å². The summed E-state index contributed by atoms with van der Waals surface area (Å²) in [7, 11) is 0. The van der Waals surface area contributed by atoms with E-state index in [0.29, 0.717) is 0 Å². The molecule has 1 atom stereocenters. The molecule has 0 saturated carbocycles. The fourth-order valence-electron chi connectivity index (χ4n) is 3.03. The second kappa shape index (κ2) is 6.97. The molecular weight excluding hydrogens is 264 g/mol. The molecule has 0 aromatic rings. The summed E-state index contributed by atoms with van der Waals surface area (Å²) in [4.78, 5) is 5.42. The van der Waals surface area contributed by atoms with Crippen molar-refractivity contribution in [2.75, 3.05) is 38.1 Å². The van der Waals surface area contributed by atoms with Gasteiger partial charge in [0.25, 0.3) is 0 Å². The van der Waals surface area contributed by atoms with E-state index in [1.807, 2.05) is 0 Å². The maximum atomic E-state index is 3.50. The van der Waals surface area contributed by atoms with Gasteiger partial charge in [0.1, 0.15) is 0 Å². The summed E-state index contributed by atoms with van der Waals surface area (Å²) in [6.45, 7) is 6.67. The number of rotatable bonds is 5. The van der Waals surface area contributed by atoms with Crippen molar-refractivity contribution >= 4 is 15.9 Å². The fraction of sp³-hybridized carbons (Fsp3) is 1.00. The molecule has 2 heterocycles. The van der Waals surface area contributed by atoms with Crippen LogP contribution in [0.25, 0.3) is 0 Å². The second-order valence-electron chi connectivity index (χ2n) is 5.24. The van der Waals surface area contributed by atoms with Gasteiger partial charge in [-0.25, -0.2) is 0 Å². The molecule has 2 nitrogen and oxygen atoms in total. The van der Waals surface area contributed by atoms with Crippen molar-refractivity contribution in [2.45, 2.75) is 44.6 Å². The normalized spacial score (nSPS) is 27.9. The summed E-state index contributed by atoms with van der Waals surface area (Å²) in [5.41, 5.74) is 0. The first-order chi connectivity index (χ1) is 7.90. The zero-order chi connectivity index (χ0) is 11.2. The third-order valence-corrected chi connectivity index (χ3v) is 4.59. The van der Waals surface area contributed by atoms with E-state index in [2.05, 4.69) is 25.7 Å². The molecule has 94 valence electrons.